The molecule has 1 rings (SSSR count). The smallest absolute Gasteiger partial charge is 0.296 e. The van der Waals surface area contributed by atoms with Gasteiger partial charge in [0.2, 0.25) is 0 Å². The van der Waals surface area contributed by atoms with Crippen LogP contribution >= 0.6 is 27.5 Å². The van der Waals surface area contributed by atoms with Crippen molar-refractivity contribution in [1.82, 2.24) is 0 Å². The lowest BCUT2D eigenvalue weighted by Gasteiger charge is -2.08. The van der Waals surface area contributed by atoms with Gasteiger partial charge in [-0.1, -0.05) is 5.92 Å². The number of hydrogen-bond acceptors (Lipinski definition) is 3. The van der Waals surface area contributed by atoms with Crippen LogP contribution in [0.15, 0.2) is 16.6 Å². The van der Waals surface area contributed by atoms with E-state index in [-0.39, 0.29) is 0 Å². The molecule has 0 heterocycles. The first-order valence-electron chi connectivity index (χ1n) is 4.21. The number of halogens is 2. The summed E-state index contributed by atoms with van der Waals surface area (Å²) in [6.45, 7) is 0. The predicted molar refractivity (Wildman–Crippen MR) is 65.0 cm³/mol. The molecule has 0 aliphatic carbocycles. The lowest BCUT2D eigenvalue weighted by atomic mass is 10.2. The van der Waals surface area contributed by atoms with E-state index >= 15 is 0 Å². The summed E-state index contributed by atoms with van der Waals surface area (Å²) in [6.07, 6.45) is 0. The van der Waals surface area contributed by atoms with E-state index in [1.165, 1.54) is 14.2 Å². The van der Waals surface area contributed by atoms with Crippen molar-refractivity contribution in [2.45, 2.75) is 0 Å². The number of methoxy groups -OCH3 is 2. The summed E-state index contributed by atoms with van der Waals surface area (Å²) in [4.78, 5) is 10.5. The van der Waals surface area contributed by atoms with Crippen molar-refractivity contribution in [3.63, 3.8) is 0 Å². The van der Waals surface area contributed by atoms with Gasteiger partial charge in [-0.3, -0.25) is 4.79 Å². The summed E-state index contributed by atoms with van der Waals surface area (Å²) in [5, 5.41) is -0.707. The lowest BCUT2D eigenvalue weighted by Crippen LogP contribution is -1.92. The van der Waals surface area contributed by atoms with Crippen LogP contribution in [0.2, 0.25) is 0 Å². The van der Waals surface area contributed by atoms with Crippen LogP contribution in [-0.4, -0.2) is 19.5 Å². The molecule has 3 nitrogen and oxygen atoms in total. The molecule has 0 saturated heterocycles. The first-order valence-corrected chi connectivity index (χ1v) is 5.38. The van der Waals surface area contributed by atoms with Crippen molar-refractivity contribution in [1.29, 1.82) is 0 Å². The van der Waals surface area contributed by atoms with E-state index in [4.69, 9.17) is 21.1 Å². The standard InChI is InChI=1S/C11H8BrClO3/c1-15-9-5-7(3-4-11(13)14)8(12)6-10(9)16-2/h5-6H,1-2H3. The number of hydrogen-bond donors (Lipinski definition) is 0. The second-order valence-electron chi connectivity index (χ2n) is 2.71. The third kappa shape index (κ3) is 3.16. The first kappa shape index (κ1) is 12.9. The Hall–Kier alpha value is -1.18. The number of rotatable bonds is 2. The minimum Gasteiger partial charge on any atom is -0.493 e. The number of carbonyl (C=O) groups is 1. The summed E-state index contributed by atoms with van der Waals surface area (Å²) in [5.41, 5.74) is 0.603. The maximum Gasteiger partial charge on any atom is 0.296 e. The Bertz CT molecular complexity index is 474. The Labute approximate surface area is 107 Å². The van der Waals surface area contributed by atoms with Gasteiger partial charge in [0.25, 0.3) is 5.24 Å². The summed E-state index contributed by atoms with van der Waals surface area (Å²) in [5.74, 6) is 5.99. The van der Waals surface area contributed by atoms with Gasteiger partial charge in [-0.05, 0) is 39.5 Å². The minimum absolute atomic E-state index is 0.539. The van der Waals surface area contributed by atoms with E-state index in [1.807, 2.05) is 0 Å². The minimum atomic E-state index is -0.707. The van der Waals surface area contributed by atoms with E-state index in [0.29, 0.717) is 21.5 Å². The van der Waals surface area contributed by atoms with E-state index in [1.54, 1.807) is 12.1 Å². The highest BCUT2D eigenvalue weighted by Crippen LogP contribution is 2.32. The van der Waals surface area contributed by atoms with E-state index in [0.717, 1.165) is 0 Å². The van der Waals surface area contributed by atoms with Crippen molar-refractivity contribution in [2.75, 3.05) is 14.2 Å². The molecule has 0 unspecified atom stereocenters. The number of benzene rings is 1. The van der Waals surface area contributed by atoms with Gasteiger partial charge in [0.15, 0.2) is 11.5 Å². The van der Waals surface area contributed by atoms with Crippen molar-refractivity contribution in [3.05, 3.63) is 22.2 Å². The third-order valence-corrected chi connectivity index (χ3v) is 2.52. The Balaban J connectivity index is 3.23. The molecule has 1 aromatic carbocycles. The molecule has 0 N–H and O–H groups in total. The molecule has 5 heteroatoms. The van der Waals surface area contributed by atoms with Crippen LogP contribution in [0, 0.1) is 11.8 Å². The van der Waals surface area contributed by atoms with Crippen LogP contribution in [0.5, 0.6) is 11.5 Å². The molecular formula is C11H8BrClO3. The van der Waals surface area contributed by atoms with Crippen LogP contribution in [-0.2, 0) is 4.79 Å². The zero-order valence-electron chi connectivity index (χ0n) is 8.64. The Morgan fingerprint density at radius 1 is 1.31 bits per heavy atom. The topological polar surface area (TPSA) is 35.5 Å². The highest BCUT2D eigenvalue weighted by Gasteiger charge is 2.07. The van der Waals surface area contributed by atoms with Crippen molar-refractivity contribution < 1.29 is 14.3 Å². The fraction of sp³-hybridized carbons (Fsp3) is 0.182. The largest absolute Gasteiger partial charge is 0.493 e. The quantitative estimate of drug-likeness (QED) is 0.622. The van der Waals surface area contributed by atoms with Crippen LogP contribution < -0.4 is 9.47 Å². The third-order valence-electron chi connectivity index (χ3n) is 1.77. The van der Waals surface area contributed by atoms with Gasteiger partial charge in [0.05, 0.1) is 14.2 Å². The maximum absolute atomic E-state index is 10.5. The van der Waals surface area contributed by atoms with Crippen LogP contribution in [0.1, 0.15) is 5.56 Å². The maximum atomic E-state index is 10.5. The van der Waals surface area contributed by atoms with Gasteiger partial charge >= 0.3 is 0 Å². The summed E-state index contributed by atoms with van der Waals surface area (Å²) in [6, 6.07) is 3.37. The van der Waals surface area contributed by atoms with E-state index < -0.39 is 5.24 Å². The molecule has 16 heavy (non-hydrogen) atoms. The molecule has 0 aliphatic rings. The molecule has 0 bridgehead atoms. The highest BCUT2D eigenvalue weighted by molar-refractivity contribution is 9.10. The monoisotopic (exact) mass is 302 g/mol. The summed E-state index contributed by atoms with van der Waals surface area (Å²) < 4.78 is 10.9. The molecule has 0 aliphatic heterocycles. The molecule has 0 fully saturated rings. The fourth-order valence-corrected chi connectivity index (χ4v) is 1.54. The molecule has 0 saturated carbocycles. The van der Waals surface area contributed by atoms with Crippen molar-refractivity contribution in [2.24, 2.45) is 0 Å². The summed E-state index contributed by atoms with van der Waals surface area (Å²) >= 11 is 8.44. The van der Waals surface area contributed by atoms with Crippen LogP contribution in [0.4, 0.5) is 0 Å². The van der Waals surface area contributed by atoms with Gasteiger partial charge in [-0.15, -0.1) is 0 Å². The van der Waals surface area contributed by atoms with Gasteiger partial charge in [0, 0.05) is 16.1 Å². The van der Waals surface area contributed by atoms with E-state index in [9.17, 15) is 4.79 Å². The second-order valence-corrected chi connectivity index (χ2v) is 3.91. The lowest BCUT2D eigenvalue weighted by molar-refractivity contribution is -0.107. The average Bonchev–Trinajstić information content (AvgIpc) is 2.26. The molecule has 84 valence electrons. The Morgan fingerprint density at radius 2 is 1.88 bits per heavy atom. The number of ether oxygens (including phenoxy) is 2. The Morgan fingerprint density at radius 3 is 2.38 bits per heavy atom. The molecule has 0 atom stereocenters. The normalized spacial score (nSPS) is 9.00. The fourth-order valence-electron chi connectivity index (χ4n) is 1.07. The van der Waals surface area contributed by atoms with Crippen molar-refractivity contribution in [3.8, 4) is 23.3 Å². The van der Waals surface area contributed by atoms with Crippen LogP contribution in [0.3, 0.4) is 0 Å². The Kier molecular flexibility index (Phi) is 4.66. The molecule has 0 radical (unpaired) electrons. The molecule has 0 aromatic heterocycles. The SMILES string of the molecule is COc1cc(Br)c(C#CC(=O)Cl)cc1OC. The average molecular weight is 304 g/mol. The van der Waals surface area contributed by atoms with Gasteiger partial charge in [-0.25, -0.2) is 0 Å². The van der Waals surface area contributed by atoms with Crippen molar-refractivity contribution >= 4 is 32.8 Å². The second kappa shape index (κ2) is 5.78. The van der Waals surface area contributed by atoms with Gasteiger partial charge in [0.1, 0.15) is 0 Å². The molecule has 0 amide bonds. The van der Waals surface area contributed by atoms with Gasteiger partial charge in [-0.2, -0.15) is 0 Å². The number of carbonyl (C=O) groups excluding carboxylic acids is 1. The highest BCUT2D eigenvalue weighted by atomic mass is 79.9. The molecule has 0 spiro atoms. The summed E-state index contributed by atoms with van der Waals surface area (Å²) in [7, 11) is 3.06. The zero-order valence-corrected chi connectivity index (χ0v) is 11.0. The molecule has 1 aromatic rings. The molecular weight excluding hydrogens is 295 g/mol. The van der Waals surface area contributed by atoms with E-state index in [2.05, 4.69) is 27.8 Å². The zero-order chi connectivity index (χ0) is 12.1. The first-order chi connectivity index (χ1) is 7.58. The van der Waals surface area contributed by atoms with Gasteiger partial charge < -0.3 is 9.47 Å². The predicted octanol–water partition coefficient (Wildman–Crippen LogP) is 2.58. The van der Waals surface area contributed by atoms with Crippen LogP contribution in [0.25, 0.3) is 0 Å².